The van der Waals surface area contributed by atoms with E-state index < -0.39 is 0 Å². The van der Waals surface area contributed by atoms with Crippen molar-refractivity contribution in [3.8, 4) is 0 Å². The van der Waals surface area contributed by atoms with Crippen molar-refractivity contribution in [2.75, 3.05) is 19.6 Å². The molecule has 1 aromatic carbocycles. The van der Waals surface area contributed by atoms with Gasteiger partial charge in [-0.2, -0.15) is 0 Å². The minimum atomic E-state index is -0.0949. The summed E-state index contributed by atoms with van der Waals surface area (Å²) >= 11 is 1.84. The topological polar surface area (TPSA) is 61.4 Å². The van der Waals surface area contributed by atoms with Gasteiger partial charge in [0.2, 0.25) is 5.91 Å². The van der Waals surface area contributed by atoms with E-state index in [1.54, 1.807) is 12.1 Å². The second-order valence-corrected chi connectivity index (χ2v) is 7.97. The smallest absolute Gasteiger partial charge is 0.251 e. The summed E-state index contributed by atoms with van der Waals surface area (Å²) in [7, 11) is 0. The third-order valence-corrected chi connectivity index (χ3v) is 5.98. The maximum Gasteiger partial charge on any atom is 0.251 e. The molecule has 2 amide bonds. The minimum Gasteiger partial charge on any atom is -0.355 e. The van der Waals surface area contributed by atoms with Gasteiger partial charge in [-0.25, -0.2) is 0 Å². The zero-order valence-electron chi connectivity index (χ0n) is 15.7. The van der Waals surface area contributed by atoms with Gasteiger partial charge in [0.05, 0.1) is 0 Å². The van der Waals surface area contributed by atoms with Gasteiger partial charge in [-0.05, 0) is 48.9 Å². The summed E-state index contributed by atoms with van der Waals surface area (Å²) < 4.78 is 0. The van der Waals surface area contributed by atoms with Crippen LogP contribution in [0.25, 0.3) is 0 Å². The van der Waals surface area contributed by atoms with Crippen LogP contribution in [0.3, 0.4) is 0 Å². The van der Waals surface area contributed by atoms with Crippen molar-refractivity contribution < 1.29 is 9.59 Å². The summed E-state index contributed by atoms with van der Waals surface area (Å²) in [4.78, 5) is 27.9. The first kappa shape index (κ1) is 19.6. The Labute approximate surface area is 164 Å². The molecule has 27 heavy (non-hydrogen) atoms. The number of carbonyl (C=O) groups is 2. The molecular weight excluding hydrogens is 358 g/mol. The lowest BCUT2D eigenvalue weighted by Crippen LogP contribution is -2.44. The number of fused-ring (bicyclic) bond motifs is 1. The number of nitrogens with zero attached hydrogens (tertiary/aromatic N) is 1. The molecule has 2 heterocycles. The largest absolute Gasteiger partial charge is 0.355 e. The Balaban J connectivity index is 1.30. The maximum absolute atomic E-state index is 12.1. The molecule has 2 N–H and O–H groups in total. The average molecular weight is 386 g/mol. The van der Waals surface area contributed by atoms with Crippen LogP contribution in [0.5, 0.6) is 0 Å². The van der Waals surface area contributed by atoms with Crippen LogP contribution in [-0.4, -0.2) is 42.4 Å². The number of amides is 2. The molecule has 0 aliphatic carbocycles. The Morgan fingerprint density at radius 3 is 2.81 bits per heavy atom. The summed E-state index contributed by atoms with van der Waals surface area (Å²) in [6.45, 7) is 5.35. The normalized spacial score (nSPS) is 15.0. The van der Waals surface area contributed by atoms with Crippen LogP contribution in [0.1, 0.15) is 40.6 Å². The Morgan fingerprint density at radius 1 is 1.19 bits per heavy atom. The first-order chi connectivity index (χ1) is 13.1. The molecule has 0 bridgehead atoms. The second kappa shape index (κ2) is 9.67. The summed E-state index contributed by atoms with van der Waals surface area (Å²) in [5.74, 6) is -0.0495. The van der Waals surface area contributed by atoms with Crippen molar-refractivity contribution in [3.05, 3.63) is 57.8 Å². The highest BCUT2D eigenvalue weighted by atomic mass is 32.1. The number of carbonyl (C=O) groups excluding carboxylic acids is 2. The van der Waals surface area contributed by atoms with E-state index in [1.165, 1.54) is 10.4 Å². The Morgan fingerprint density at radius 2 is 2.00 bits per heavy atom. The molecular formula is C21H27N3O2S. The Bertz CT molecular complexity index is 760. The van der Waals surface area contributed by atoms with Crippen LogP contribution in [0.15, 0.2) is 41.8 Å². The molecule has 1 atom stereocenters. The third-order valence-electron chi connectivity index (χ3n) is 4.96. The highest BCUT2D eigenvalue weighted by Crippen LogP contribution is 2.24. The number of nitrogens with one attached hydrogen (secondary N) is 2. The van der Waals surface area contributed by atoms with E-state index >= 15 is 0 Å². The minimum absolute atomic E-state index is 0.0454. The molecule has 0 spiro atoms. The Kier molecular flexibility index (Phi) is 7.01. The highest BCUT2D eigenvalue weighted by Gasteiger charge is 2.21. The van der Waals surface area contributed by atoms with Gasteiger partial charge in [0.25, 0.3) is 5.91 Å². The van der Waals surface area contributed by atoms with Gasteiger partial charge in [0.15, 0.2) is 0 Å². The SMILES string of the molecule is CC(CNC(=O)CCCNC(=O)c1ccccc1)N1CCc2sccc2C1. The molecule has 0 radical (unpaired) electrons. The predicted octanol–water partition coefficient (Wildman–Crippen LogP) is 2.82. The summed E-state index contributed by atoms with van der Waals surface area (Å²) in [6, 6.07) is 11.6. The van der Waals surface area contributed by atoms with Gasteiger partial charge in [-0.15, -0.1) is 11.3 Å². The van der Waals surface area contributed by atoms with Crippen molar-refractivity contribution in [3.63, 3.8) is 0 Å². The van der Waals surface area contributed by atoms with Crippen LogP contribution in [0.4, 0.5) is 0 Å². The fourth-order valence-corrected chi connectivity index (χ4v) is 4.16. The van der Waals surface area contributed by atoms with Gasteiger partial charge in [-0.1, -0.05) is 18.2 Å². The van der Waals surface area contributed by atoms with Crippen LogP contribution in [-0.2, 0) is 17.8 Å². The second-order valence-electron chi connectivity index (χ2n) is 6.97. The van der Waals surface area contributed by atoms with Crippen LogP contribution < -0.4 is 10.6 Å². The number of hydrogen-bond acceptors (Lipinski definition) is 4. The number of benzene rings is 1. The molecule has 0 saturated carbocycles. The molecule has 2 aromatic rings. The molecule has 3 rings (SSSR count). The zero-order chi connectivity index (χ0) is 19.1. The molecule has 0 saturated heterocycles. The van der Waals surface area contributed by atoms with Gasteiger partial charge in [0, 0.05) is 49.1 Å². The standard InChI is InChI=1S/C21H27N3O2S/c1-16(24-12-9-19-18(15-24)10-13-27-19)14-23-20(25)8-5-11-22-21(26)17-6-3-2-4-7-17/h2-4,6-7,10,13,16H,5,8-9,11-12,14-15H2,1H3,(H,22,26)(H,23,25). The van der Waals surface area contributed by atoms with E-state index in [4.69, 9.17) is 0 Å². The number of thiophene rings is 1. The van der Waals surface area contributed by atoms with Gasteiger partial charge >= 0.3 is 0 Å². The molecule has 0 fully saturated rings. The molecule has 1 unspecified atom stereocenters. The van der Waals surface area contributed by atoms with Crippen molar-refractivity contribution in [1.82, 2.24) is 15.5 Å². The third kappa shape index (κ3) is 5.65. The molecule has 1 aromatic heterocycles. The molecule has 1 aliphatic heterocycles. The fourth-order valence-electron chi connectivity index (χ4n) is 3.27. The van der Waals surface area contributed by atoms with Gasteiger partial charge in [-0.3, -0.25) is 14.5 Å². The predicted molar refractivity (Wildman–Crippen MR) is 109 cm³/mol. The van der Waals surface area contributed by atoms with E-state index in [1.807, 2.05) is 29.5 Å². The van der Waals surface area contributed by atoms with Crippen LogP contribution in [0.2, 0.25) is 0 Å². The highest BCUT2D eigenvalue weighted by molar-refractivity contribution is 7.10. The van der Waals surface area contributed by atoms with Crippen molar-refractivity contribution >= 4 is 23.2 Å². The fraction of sp³-hybridized carbons (Fsp3) is 0.429. The molecule has 144 valence electrons. The number of hydrogen-bond donors (Lipinski definition) is 2. The number of rotatable bonds is 8. The Hall–Kier alpha value is -2.18. The summed E-state index contributed by atoms with van der Waals surface area (Å²) in [5, 5.41) is 8.04. The van der Waals surface area contributed by atoms with E-state index in [0.29, 0.717) is 37.5 Å². The van der Waals surface area contributed by atoms with E-state index in [0.717, 1.165) is 19.5 Å². The first-order valence-corrected chi connectivity index (χ1v) is 10.4. The lowest BCUT2D eigenvalue weighted by Gasteiger charge is -2.32. The zero-order valence-corrected chi connectivity index (χ0v) is 16.6. The first-order valence-electron chi connectivity index (χ1n) is 9.52. The lowest BCUT2D eigenvalue weighted by atomic mass is 10.1. The quantitative estimate of drug-likeness (QED) is 0.687. The molecule has 1 aliphatic rings. The monoisotopic (exact) mass is 385 g/mol. The van der Waals surface area contributed by atoms with Crippen molar-refractivity contribution in [1.29, 1.82) is 0 Å². The molecule has 5 nitrogen and oxygen atoms in total. The van der Waals surface area contributed by atoms with E-state index in [2.05, 4.69) is 33.9 Å². The van der Waals surface area contributed by atoms with Crippen LogP contribution >= 0.6 is 11.3 Å². The van der Waals surface area contributed by atoms with Crippen LogP contribution in [0, 0.1) is 0 Å². The lowest BCUT2D eigenvalue weighted by molar-refractivity contribution is -0.121. The maximum atomic E-state index is 12.1. The summed E-state index contributed by atoms with van der Waals surface area (Å²) in [6.07, 6.45) is 2.17. The van der Waals surface area contributed by atoms with E-state index in [-0.39, 0.29) is 11.8 Å². The molecule has 6 heteroatoms. The van der Waals surface area contributed by atoms with Gasteiger partial charge < -0.3 is 10.6 Å². The summed E-state index contributed by atoms with van der Waals surface area (Å²) in [5.41, 5.74) is 2.07. The van der Waals surface area contributed by atoms with Gasteiger partial charge in [0.1, 0.15) is 0 Å². The van der Waals surface area contributed by atoms with Crippen molar-refractivity contribution in [2.45, 2.75) is 38.8 Å². The van der Waals surface area contributed by atoms with Crippen molar-refractivity contribution in [2.24, 2.45) is 0 Å². The van der Waals surface area contributed by atoms with E-state index in [9.17, 15) is 9.59 Å². The average Bonchev–Trinajstić information content (AvgIpc) is 3.17.